The average molecular weight is 370 g/mol. The number of methoxy groups -OCH3 is 1. The summed E-state index contributed by atoms with van der Waals surface area (Å²) in [6.45, 7) is 4.85. The van der Waals surface area contributed by atoms with E-state index in [9.17, 15) is 14.0 Å². The molecule has 0 aromatic rings. The smallest absolute Gasteiger partial charge is 0.378 e. The van der Waals surface area contributed by atoms with Gasteiger partial charge in [0.05, 0.1) is 31.8 Å². The summed E-state index contributed by atoms with van der Waals surface area (Å²) in [6.07, 6.45) is -1.27. The van der Waals surface area contributed by atoms with Crippen LogP contribution in [-0.4, -0.2) is 53.6 Å². The van der Waals surface area contributed by atoms with Crippen LogP contribution in [0.4, 0.5) is 0 Å². The molecule has 3 N–H and O–H groups in total. The lowest BCUT2D eigenvalue weighted by Gasteiger charge is -2.29. The van der Waals surface area contributed by atoms with E-state index in [1.807, 2.05) is 0 Å². The lowest BCUT2D eigenvalue weighted by Crippen LogP contribution is -2.32. The van der Waals surface area contributed by atoms with Gasteiger partial charge in [-0.3, -0.25) is 13.6 Å². The molecule has 134 valence electrons. The molecule has 0 aromatic heterocycles. The van der Waals surface area contributed by atoms with Gasteiger partial charge < -0.3 is 19.4 Å². The summed E-state index contributed by atoms with van der Waals surface area (Å²) in [7, 11) is -1.11. The number of hydrogen-bond donors (Lipinski definition) is 3. The molecule has 0 bridgehead atoms. The van der Waals surface area contributed by atoms with Gasteiger partial charge in [0, 0.05) is 7.11 Å². The summed E-state index contributed by atoms with van der Waals surface area (Å²) in [5.41, 5.74) is -0.880. The van der Waals surface area contributed by atoms with Crippen LogP contribution in [0.2, 0.25) is 5.82 Å². The van der Waals surface area contributed by atoms with Crippen LogP contribution in [0.15, 0.2) is 0 Å². The molecule has 8 nitrogen and oxygen atoms in total. The van der Waals surface area contributed by atoms with E-state index in [0.29, 0.717) is 6.42 Å². The van der Waals surface area contributed by atoms with Gasteiger partial charge >= 0.3 is 15.4 Å². The van der Waals surface area contributed by atoms with E-state index in [2.05, 4.69) is 0 Å². The number of phosphoric ester groups is 1. The first kappa shape index (κ1) is 21.3. The third kappa shape index (κ3) is 7.37. The third-order valence-electron chi connectivity index (χ3n) is 3.49. The molecular formula is C12H25BO8P2. The van der Waals surface area contributed by atoms with Crippen LogP contribution in [0.3, 0.4) is 0 Å². The third-order valence-corrected chi connectivity index (χ3v) is 5.62. The highest BCUT2D eigenvalue weighted by Gasteiger charge is 2.46. The Kier molecular flexibility index (Phi) is 7.11. The Morgan fingerprint density at radius 3 is 2.17 bits per heavy atom. The number of phosphoric acid groups is 1. The van der Waals surface area contributed by atoms with Crippen LogP contribution in [0.5, 0.6) is 0 Å². The number of hydrogen-bond acceptors (Lipinski definition) is 5. The minimum atomic E-state index is -4.34. The molecule has 11 heteroatoms. The van der Waals surface area contributed by atoms with E-state index in [4.69, 9.17) is 31.4 Å². The van der Waals surface area contributed by atoms with Crippen molar-refractivity contribution in [1.82, 2.24) is 0 Å². The standard InChI is InChI=1S/C12H25BO8P2/c1-12(2,3)21-23(17,18)20-11-9(13)7-8(10(11)19-4)5-6-22(14,15)16/h8-11H,5-7H2,1-4H3,(H,17,18)(H2,14,15,16)/t8-,9+,10+,11-/m0/s1. The number of rotatable bonds is 7. The van der Waals surface area contributed by atoms with Crippen LogP contribution in [0.1, 0.15) is 33.6 Å². The molecule has 0 saturated heterocycles. The fraction of sp³-hybridized carbons (Fsp3) is 1.00. The van der Waals surface area contributed by atoms with E-state index in [-0.39, 0.29) is 18.5 Å². The molecule has 5 atom stereocenters. The van der Waals surface area contributed by atoms with Gasteiger partial charge in [0.1, 0.15) is 0 Å². The maximum atomic E-state index is 12.1. The first-order valence-electron chi connectivity index (χ1n) is 7.29. The van der Waals surface area contributed by atoms with Crippen molar-refractivity contribution in [3.05, 3.63) is 0 Å². The van der Waals surface area contributed by atoms with Crippen molar-refractivity contribution in [3.63, 3.8) is 0 Å². The van der Waals surface area contributed by atoms with Crippen molar-refractivity contribution in [3.8, 4) is 0 Å². The topological polar surface area (TPSA) is 123 Å². The summed E-state index contributed by atoms with van der Waals surface area (Å²) >= 11 is 0. The summed E-state index contributed by atoms with van der Waals surface area (Å²) in [5.74, 6) is -0.868. The zero-order chi connectivity index (χ0) is 18.1. The lowest BCUT2D eigenvalue weighted by molar-refractivity contribution is -0.0280. The summed E-state index contributed by atoms with van der Waals surface area (Å²) < 4.78 is 38.6. The fourth-order valence-electron chi connectivity index (χ4n) is 2.73. The maximum Gasteiger partial charge on any atom is 0.473 e. The molecular weight excluding hydrogens is 345 g/mol. The predicted octanol–water partition coefficient (Wildman–Crippen LogP) is 1.85. The van der Waals surface area contributed by atoms with Crippen molar-refractivity contribution in [2.45, 2.75) is 57.2 Å². The minimum absolute atomic E-state index is 0.187. The van der Waals surface area contributed by atoms with Gasteiger partial charge in [-0.05, 0) is 38.9 Å². The minimum Gasteiger partial charge on any atom is -0.378 e. The van der Waals surface area contributed by atoms with Crippen molar-refractivity contribution < 1.29 is 37.6 Å². The first-order valence-corrected chi connectivity index (χ1v) is 10.6. The van der Waals surface area contributed by atoms with Crippen LogP contribution in [0.25, 0.3) is 0 Å². The average Bonchev–Trinajstić information content (AvgIpc) is 2.58. The van der Waals surface area contributed by atoms with E-state index in [0.717, 1.165) is 0 Å². The predicted molar refractivity (Wildman–Crippen MR) is 85.5 cm³/mol. The van der Waals surface area contributed by atoms with Crippen LogP contribution in [0, 0.1) is 5.92 Å². The Balaban J connectivity index is 2.78. The second kappa shape index (κ2) is 7.67. The molecule has 1 unspecified atom stereocenters. The molecule has 1 aliphatic rings. The van der Waals surface area contributed by atoms with Crippen molar-refractivity contribution >= 4 is 23.3 Å². The highest BCUT2D eigenvalue weighted by Crippen LogP contribution is 2.53. The van der Waals surface area contributed by atoms with Gasteiger partial charge in [-0.25, -0.2) is 4.57 Å². The second-order valence-electron chi connectivity index (χ2n) is 6.78. The van der Waals surface area contributed by atoms with Gasteiger partial charge in [-0.15, -0.1) is 0 Å². The monoisotopic (exact) mass is 370 g/mol. The Morgan fingerprint density at radius 2 is 1.74 bits per heavy atom. The fourth-order valence-corrected chi connectivity index (χ4v) is 4.72. The summed E-state index contributed by atoms with van der Waals surface area (Å²) in [5, 5.41) is 0. The van der Waals surface area contributed by atoms with E-state index < -0.39 is 39.0 Å². The Labute approximate surface area is 138 Å². The Bertz CT molecular complexity index is 488. The summed E-state index contributed by atoms with van der Waals surface area (Å²) in [6, 6.07) is 0. The van der Waals surface area contributed by atoms with Crippen molar-refractivity contribution in [1.29, 1.82) is 0 Å². The lowest BCUT2D eigenvalue weighted by atomic mass is 9.83. The quantitative estimate of drug-likeness (QED) is 0.458. The molecule has 1 rings (SSSR count). The maximum absolute atomic E-state index is 12.1. The van der Waals surface area contributed by atoms with E-state index in [1.165, 1.54) is 7.11 Å². The zero-order valence-electron chi connectivity index (χ0n) is 13.8. The normalized spacial score (nSPS) is 32.0. The molecule has 1 saturated carbocycles. The Hall–Kier alpha value is 0.285. The van der Waals surface area contributed by atoms with Gasteiger partial charge in [-0.2, -0.15) is 0 Å². The molecule has 0 spiro atoms. The summed E-state index contributed by atoms with van der Waals surface area (Å²) in [4.78, 5) is 27.8. The van der Waals surface area contributed by atoms with Gasteiger partial charge in [0.2, 0.25) is 0 Å². The van der Waals surface area contributed by atoms with Gasteiger partial charge in [-0.1, -0.05) is 6.42 Å². The highest BCUT2D eigenvalue weighted by molar-refractivity contribution is 7.51. The number of ether oxygens (including phenoxy) is 1. The molecule has 2 radical (unpaired) electrons. The molecule has 0 heterocycles. The molecule has 0 amide bonds. The molecule has 1 aliphatic carbocycles. The zero-order valence-corrected chi connectivity index (χ0v) is 15.6. The van der Waals surface area contributed by atoms with E-state index in [1.54, 1.807) is 20.8 Å². The van der Waals surface area contributed by atoms with Crippen LogP contribution < -0.4 is 0 Å². The highest BCUT2D eigenvalue weighted by atomic mass is 31.2. The largest absolute Gasteiger partial charge is 0.473 e. The van der Waals surface area contributed by atoms with Crippen molar-refractivity contribution in [2.75, 3.05) is 13.3 Å². The molecule has 1 fully saturated rings. The van der Waals surface area contributed by atoms with E-state index >= 15 is 0 Å². The molecule has 0 aliphatic heterocycles. The van der Waals surface area contributed by atoms with Gasteiger partial charge in [0.25, 0.3) is 0 Å². The van der Waals surface area contributed by atoms with Gasteiger partial charge in [0.15, 0.2) is 0 Å². The van der Waals surface area contributed by atoms with Crippen LogP contribution >= 0.6 is 15.4 Å². The van der Waals surface area contributed by atoms with Crippen LogP contribution in [-0.2, 0) is 22.9 Å². The SMILES string of the molecule is [B][C@@H]1C[C@H](CCP(=O)(O)O)[C@@H](OC)[C@H]1OP(=O)(O)OC(C)(C)C. The first-order chi connectivity index (χ1) is 10.2. The van der Waals surface area contributed by atoms with Crippen molar-refractivity contribution in [2.24, 2.45) is 5.92 Å². The molecule has 0 aromatic carbocycles. The second-order valence-corrected chi connectivity index (χ2v) is 9.89. The molecule has 23 heavy (non-hydrogen) atoms. The Morgan fingerprint density at radius 1 is 1.17 bits per heavy atom.